The average molecular weight is 356 g/mol. The van der Waals surface area contributed by atoms with Crippen molar-refractivity contribution in [3.8, 4) is 0 Å². The van der Waals surface area contributed by atoms with Crippen molar-refractivity contribution in [2.24, 2.45) is 0 Å². The quantitative estimate of drug-likeness (QED) is 0.862. The minimum absolute atomic E-state index is 0.0491. The second-order valence-electron chi connectivity index (χ2n) is 5.29. The molecule has 0 saturated heterocycles. The summed E-state index contributed by atoms with van der Waals surface area (Å²) in [7, 11) is 0. The van der Waals surface area contributed by atoms with Crippen LogP contribution in [0.2, 0.25) is 0 Å². The zero-order valence-corrected chi connectivity index (χ0v) is 13.3. The molecule has 0 spiro atoms. The number of fused-ring (bicyclic) bond motifs is 1. The Morgan fingerprint density at radius 3 is 2.67 bits per heavy atom. The Labute approximate surface area is 129 Å². The highest BCUT2D eigenvalue weighted by molar-refractivity contribution is 9.10. The molecule has 0 radical (unpaired) electrons. The number of hydrogen-bond acceptors (Lipinski definition) is 4. The van der Waals surface area contributed by atoms with E-state index in [0.717, 1.165) is 0 Å². The number of rotatable bonds is 2. The summed E-state index contributed by atoms with van der Waals surface area (Å²) in [6.45, 7) is 5.15. The number of carboxylic acids is 1. The smallest absolute Gasteiger partial charge is 0.413 e. The van der Waals surface area contributed by atoms with Crippen LogP contribution in [0, 0.1) is 0 Å². The van der Waals surface area contributed by atoms with Crippen molar-refractivity contribution in [2.45, 2.75) is 26.4 Å². The Hall–Kier alpha value is -2.09. The van der Waals surface area contributed by atoms with Gasteiger partial charge >= 0.3 is 12.1 Å². The predicted octanol–water partition coefficient (Wildman–Crippen LogP) is 3.14. The molecule has 2 heterocycles. The van der Waals surface area contributed by atoms with E-state index >= 15 is 0 Å². The van der Waals surface area contributed by atoms with Crippen LogP contribution in [-0.2, 0) is 4.74 Å². The summed E-state index contributed by atoms with van der Waals surface area (Å²) < 4.78 is 7.21. The molecule has 7 nitrogen and oxygen atoms in total. The lowest BCUT2D eigenvalue weighted by Crippen LogP contribution is -2.28. The maximum atomic E-state index is 11.9. The molecule has 0 aliphatic carbocycles. The molecule has 0 bridgehead atoms. The fourth-order valence-electron chi connectivity index (χ4n) is 1.70. The van der Waals surface area contributed by atoms with Gasteiger partial charge in [0.15, 0.2) is 17.2 Å². The molecule has 8 heteroatoms. The number of carboxylic acid groups (broad SMARTS) is 1. The Bertz CT molecular complexity index is 718. The van der Waals surface area contributed by atoms with E-state index in [1.807, 2.05) is 0 Å². The van der Waals surface area contributed by atoms with Crippen LogP contribution in [0.5, 0.6) is 0 Å². The Balaban J connectivity index is 2.47. The number of carbonyl (C=O) groups excluding carboxylic acids is 1. The van der Waals surface area contributed by atoms with Crippen LogP contribution in [0.4, 0.5) is 10.6 Å². The zero-order valence-electron chi connectivity index (χ0n) is 11.7. The SMILES string of the molecule is CC(C)(C)OC(=O)Nc1c(C(=O)O)nc2c(Br)cccn12. The van der Waals surface area contributed by atoms with Gasteiger partial charge in [0, 0.05) is 6.20 Å². The summed E-state index contributed by atoms with van der Waals surface area (Å²) in [5, 5.41) is 11.7. The minimum Gasteiger partial charge on any atom is -0.476 e. The molecule has 112 valence electrons. The highest BCUT2D eigenvalue weighted by Gasteiger charge is 2.23. The Morgan fingerprint density at radius 2 is 2.10 bits per heavy atom. The topological polar surface area (TPSA) is 92.9 Å². The number of imidazole rings is 1. The number of halogens is 1. The van der Waals surface area contributed by atoms with Crippen LogP contribution < -0.4 is 5.32 Å². The van der Waals surface area contributed by atoms with Gasteiger partial charge in [0.05, 0.1) is 4.47 Å². The van der Waals surface area contributed by atoms with Crippen molar-refractivity contribution in [3.63, 3.8) is 0 Å². The number of amides is 1. The summed E-state index contributed by atoms with van der Waals surface area (Å²) in [5.41, 5.74) is -0.553. The van der Waals surface area contributed by atoms with Crippen molar-refractivity contribution in [1.29, 1.82) is 0 Å². The van der Waals surface area contributed by atoms with Crippen LogP contribution in [-0.4, -0.2) is 32.2 Å². The van der Waals surface area contributed by atoms with E-state index in [4.69, 9.17) is 4.74 Å². The molecular formula is C13H14BrN3O4. The van der Waals surface area contributed by atoms with Gasteiger partial charge < -0.3 is 9.84 Å². The summed E-state index contributed by atoms with van der Waals surface area (Å²) in [6.07, 6.45) is 0.860. The number of ether oxygens (including phenoxy) is 1. The van der Waals surface area contributed by atoms with Crippen molar-refractivity contribution in [2.75, 3.05) is 5.32 Å². The molecule has 2 rings (SSSR count). The third-order valence-electron chi connectivity index (χ3n) is 2.42. The van der Waals surface area contributed by atoms with Crippen molar-refractivity contribution in [1.82, 2.24) is 9.38 Å². The van der Waals surface area contributed by atoms with E-state index in [2.05, 4.69) is 26.2 Å². The first-order valence-corrected chi connectivity index (χ1v) is 6.88. The van der Waals surface area contributed by atoms with Gasteiger partial charge in [0.2, 0.25) is 0 Å². The molecule has 21 heavy (non-hydrogen) atoms. The lowest BCUT2D eigenvalue weighted by Gasteiger charge is -2.19. The Morgan fingerprint density at radius 1 is 1.43 bits per heavy atom. The lowest BCUT2D eigenvalue weighted by atomic mass is 10.2. The first kappa shape index (κ1) is 15.3. The predicted molar refractivity (Wildman–Crippen MR) is 79.7 cm³/mol. The standard InChI is InChI=1S/C13H14BrN3O4/c1-13(2,3)21-12(20)16-10-8(11(18)19)15-9-7(14)5-4-6-17(9)10/h4-6H,1-3H3,(H,16,20)(H,18,19). The molecule has 0 unspecified atom stereocenters. The van der Waals surface area contributed by atoms with Crippen molar-refractivity contribution >= 4 is 39.5 Å². The number of carbonyl (C=O) groups is 2. The highest BCUT2D eigenvalue weighted by atomic mass is 79.9. The molecule has 0 saturated carbocycles. The first-order valence-electron chi connectivity index (χ1n) is 6.09. The maximum absolute atomic E-state index is 11.9. The third-order valence-corrected chi connectivity index (χ3v) is 3.04. The maximum Gasteiger partial charge on any atom is 0.413 e. The molecule has 0 aromatic carbocycles. The fourth-order valence-corrected chi connectivity index (χ4v) is 2.14. The van der Waals surface area contributed by atoms with Gasteiger partial charge in [-0.3, -0.25) is 9.72 Å². The van der Waals surface area contributed by atoms with Gasteiger partial charge in [-0.1, -0.05) is 0 Å². The van der Waals surface area contributed by atoms with Crippen LogP contribution in [0.15, 0.2) is 22.8 Å². The number of anilines is 1. The molecule has 2 N–H and O–H groups in total. The highest BCUT2D eigenvalue weighted by Crippen LogP contribution is 2.24. The average Bonchev–Trinajstić information content (AvgIpc) is 2.67. The number of aromatic carboxylic acids is 1. The second-order valence-corrected chi connectivity index (χ2v) is 6.15. The normalized spacial score (nSPS) is 11.4. The first-order chi connectivity index (χ1) is 9.69. The van der Waals surface area contributed by atoms with E-state index in [1.165, 1.54) is 4.40 Å². The lowest BCUT2D eigenvalue weighted by molar-refractivity contribution is 0.0635. The summed E-state index contributed by atoms with van der Waals surface area (Å²) in [6, 6.07) is 3.43. The van der Waals surface area contributed by atoms with Gasteiger partial charge in [-0.15, -0.1) is 0 Å². The third kappa shape index (κ3) is 3.33. The zero-order chi connectivity index (χ0) is 15.8. The van der Waals surface area contributed by atoms with E-state index in [1.54, 1.807) is 39.1 Å². The Kier molecular flexibility index (Phi) is 3.91. The van der Waals surface area contributed by atoms with Crippen molar-refractivity contribution in [3.05, 3.63) is 28.5 Å². The molecule has 1 amide bonds. The number of pyridine rings is 1. The molecule has 0 atom stereocenters. The van der Waals surface area contributed by atoms with Gasteiger partial charge in [-0.2, -0.15) is 0 Å². The minimum atomic E-state index is -1.24. The molecule has 2 aromatic heterocycles. The van der Waals surface area contributed by atoms with Crippen LogP contribution in [0.25, 0.3) is 5.65 Å². The summed E-state index contributed by atoms with van der Waals surface area (Å²) in [5.74, 6) is -1.19. The fraction of sp³-hybridized carbons (Fsp3) is 0.308. The number of hydrogen-bond donors (Lipinski definition) is 2. The monoisotopic (exact) mass is 355 g/mol. The van der Waals surface area contributed by atoms with E-state index in [-0.39, 0.29) is 11.5 Å². The molecular weight excluding hydrogens is 342 g/mol. The largest absolute Gasteiger partial charge is 0.476 e. The van der Waals surface area contributed by atoms with E-state index < -0.39 is 17.7 Å². The molecule has 2 aromatic rings. The molecule has 0 fully saturated rings. The molecule has 0 aliphatic rings. The van der Waals surface area contributed by atoms with Crippen molar-refractivity contribution < 1.29 is 19.4 Å². The van der Waals surface area contributed by atoms with Gasteiger partial charge in [-0.05, 0) is 48.8 Å². The summed E-state index contributed by atoms with van der Waals surface area (Å²) in [4.78, 5) is 27.1. The number of nitrogens with one attached hydrogen (secondary N) is 1. The van der Waals surface area contributed by atoms with Crippen LogP contribution in [0.1, 0.15) is 31.3 Å². The van der Waals surface area contributed by atoms with Gasteiger partial charge in [-0.25, -0.2) is 14.6 Å². The number of aromatic nitrogens is 2. The van der Waals surface area contributed by atoms with E-state index in [9.17, 15) is 14.7 Å². The van der Waals surface area contributed by atoms with Crippen LogP contribution >= 0.6 is 15.9 Å². The molecule has 0 aliphatic heterocycles. The summed E-state index contributed by atoms with van der Waals surface area (Å²) >= 11 is 3.29. The van der Waals surface area contributed by atoms with Gasteiger partial charge in [0.1, 0.15) is 5.60 Å². The van der Waals surface area contributed by atoms with Gasteiger partial charge in [0.25, 0.3) is 0 Å². The number of nitrogens with zero attached hydrogens (tertiary/aromatic N) is 2. The second kappa shape index (κ2) is 5.36. The van der Waals surface area contributed by atoms with Crippen LogP contribution in [0.3, 0.4) is 0 Å². The van der Waals surface area contributed by atoms with E-state index in [0.29, 0.717) is 10.1 Å².